The molecule has 0 saturated carbocycles. The SMILES string of the molecule is COc1nc(C)cc(C)c1CNC(=O)CC1C(=O)NCCN1CC(C)C. The molecular weight excluding hydrogens is 332 g/mol. The van der Waals surface area contributed by atoms with Gasteiger partial charge in [0.15, 0.2) is 0 Å². The van der Waals surface area contributed by atoms with Gasteiger partial charge in [0.2, 0.25) is 17.7 Å². The van der Waals surface area contributed by atoms with E-state index in [-0.39, 0.29) is 18.2 Å². The minimum Gasteiger partial charge on any atom is -0.481 e. The molecule has 2 heterocycles. The highest BCUT2D eigenvalue weighted by Gasteiger charge is 2.31. The van der Waals surface area contributed by atoms with Crippen LogP contribution in [-0.4, -0.2) is 54.5 Å². The van der Waals surface area contributed by atoms with Crippen LogP contribution in [0.4, 0.5) is 0 Å². The van der Waals surface area contributed by atoms with Crippen molar-refractivity contribution < 1.29 is 14.3 Å². The summed E-state index contributed by atoms with van der Waals surface area (Å²) in [5, 5.41) is 5.77. The van der Waals surface area contributed by atoms with Crippen LogP contribution in [-0.2, 0) is 16.1 Å². The first-order valence-electron chi connectivity index (χ1n) is 9.11. The molecule has 26 heavy (non-hydrogen) atoms. The number of methoxy groups -OCH3 is 1. The van der Waals surface area contributed by atoms with Gasteiger partial charge in [-0.15, -0.1) is 0 Å². The lowest BCUT2D eigenvalue weighted by Gasteiger charge is -2.35. The smallest absolute Gasteiger partial charge is 0.237 e. The van der Waals surface area contributed by atoms with E-state index in [1.807, 2.05) is 19.9 Å². The molecule has 7 nitrogen and oxygen atoms in total. The van der Waals surface area contributed by atoms with E-state index in [2.05, 4.69) is 34.4 Å². The molecule has 1 aromatic heterocycles. The van der Waals surface area contributed by atoms with Crippen LogP contribution in [0, 0.1) is 19.8 Å². The standard InChI is InChI=1S/C19H30N4O3/c1-12(2)11-23-7-6-20-18(25)16(23)9-17(24)21-10-15-13(3)8-14(4)22-19(15)26-5/h8,12,16H,6-7,9-11H2,1-5H3,(H,20,25)(H,21,24). The molecule has 2 amide bonds. The van der Waals surface area contributed by atoms with Gasteiger partial charge >= 0.3 is 0 Å². The molecule has 1 aliphatic heterocycles. The molecule has 0 radical (unpaired) electrons. The number of ether oxygens (including phenoxy) is 1. The van der Waals surface area contributed by atoms with Crippen molar-refractivity contribution in [2.24, 2.45) is 5.92 Å². The molecule has 2 N–H and O–H groups in total. The van der Waals surface area contributed by atoms with E-state index in [1.54, 1.807) is 7.11 Å². The van der Waals surface area contributed by atoms with E-state index < -0.39 is 6.04 Å². The van der Waals surface area contributed by atoms with Crippen molar-refractivity contribution in [2.45, 2.75) is 46.7 Å². The molecule has 0 bridgehead atoms. The third-order valence-electron chi connectivity index (χ3n) is 4.51. The molecule has 1 atom stereocenters. The van der Waals surface area contributed by atoms with Gasteiger partial charge in [0, 0.05) is 37.4 Å². The van der Waals surface area contributed by atoms with E-state index in [0.29, 0.717) is 24.9 Å². The van der Waals surface area contributed by atoms with E-state index in [1.165, 1.54) is 0 Å². The van der Waals surface area contributed by atoms with Gasteiger partial charge < -0.3 is 15.4 Å². The average molecular weight is 362 g/mol. The highest BCUT2D eigenvalue weighted by atomic mass is 16.5. The van der Waals surface area contributed by atoms with Gasteiger partial charge in [-0.25, -0.2) is 4.98 Å². The number of hydrogen-bond donors (Lipinski definition) is 2. The summed E-state index contributed by atoms with van der Waals surface area (Å²) < 4.78 is 5.33. The fourth-order valence-corrected chi connectivity index (χ4v) is 3.32. The lowest BCUT2D eigenvalue weighted by Crippen LogP contribution is -2.57. The molecular formula is C19H30N4O3. The monoisotopic (exact) mass is 362 g/mol. The minimum absolute atomic E-state index is 0.0715. The van der Waals surface area contributed by atoms with Crippen LogP contribution in [0.1, 0.15) is 37.1 Å². The van der Waals surface area contributed by atoms with Crippen LogP contribution in [0.15, 0.2) is 6.07 Å². The molecule has 1 fully saturated rings. The second-order valence-electron chi connectivity index (χ2n) is 7.24. The van der Waals surface area contributed by atoms with Crippen molar-refractivity contribution in [1.29, 1.82) is 0 Å². The van der Waals surface area contributed by atoms with Crippen LogP contribution in [0.2, 0.25) is 0 Å². The van der Waals surface area contributed by atoms with Crippen LogP contribution in [0.3, 0.4) is 0 Å². The Morgan fingerprint density at radius 2 is 2.19 bits per heavy atom. The number of pyridine rings is 1. The number of amides is 2. The van der Waals surface area contributed by atoms with Gasteiger partial charge in [-0.3, -0.25) is 14.5 Å². The predicted molar refractivity (Wildman–Crippen MR) is 99.9 cm³/mol. The quantitative estimate of drug-likeness (QED) is 0.761. The van der Waals surface area contributed by atoms with Crippen LogP contribution in [0.5, 0.6) is 5.88 Å². The Balaban J connectivity index is 2.00. The van der Waals surface area contributed by atoms with E-state index in [0.717, 1.165) is 29.9 Å². The van der Waals surface area contributed by atoms with Gasteiger partial charge in [0.1, 0.15) is 0 Å². The molecule has 0 aliphatic carbocycles. The van der Waals surface area contributed by atoms with Gasteiger partial charge in [-0.1, -0.05) is 13.8 Å². The number of carbonyl (C=O) groups is 2. The summed E-state index contributed by atoms with van der Waals surface area (Å²) in [6.45, 7) is 10.7. The normalized spacial score (nSPS) is 17.9. The number of carbonyl (C=O) groups excluding carboxylic acids is 2. The summed E-state index contributed by atoms with van der Waals surface area (Å²) in [4.78, 5) is 31.1. The summed E-state index contributed by atoms with van der Waals surface area (Å²) in [6.07, 6.45) is 0.152. The summed E-state index contributed by atoms with van der Waals surface area (Å²) in [5.41, 5.74) is 2.75. The Kier molecular flexibility index (Phi) is 6.97. The summed E-state index contributed by atoms with van der Waals surface area (Å²) in [5.74, 6) is 0.747. The molecule has 1 aromatic rings. The van der Waals surface area contributed by atoms with E-state index in [4.69, 9.17) is 4.74 Å². The number of hydrogen-bond acceptors (Lipinski definition) is 5. The molecule has 7 heteroatoms. The Bertz CT molecular complexity index is 660. The van der Waals surface area contributed by atoms with Gasteiger partial charge in [0.25, 0.3) is 0 Å². The Labute approximate surface area is 155 Å². The maximum atomic E-state index is 12.5. The maximum absolute atomic E-state index is 12.5. The molecule has 1 saturated heterocycles. The molecule has 0 aromatic carbocycles. The van der Waals surface area contributed by atoms with Crippen molar-refractivity contribution in [3.8, 4) is 5.88 Å². The largest absolute Gasteiger partial charge is 0.481 e. The number of rotatable bonds is 7. The Hall–Kier alpha value is -2.15. The van der Waals surface area contributed by atoms with Gasteiger partial charge in [0.05, 0.1) is 19.6 Å². The highest BCUT2D eigenvalue weighted by Crippen LogP contribution is 2.20. The number of aryl methyl sites for hydroxylation is 2. The molecule has 1 aliphatic rings. The highest BCUT2D eigenvalue weighted by molar-refractivity contribution is 5.88. The number of nitrogens with zero attached hydrogens (tertiary/aromatic N) is 2. The zero-order valence-electron chi connectivity index (χ0n) is 16.4. The average Bonchev–Trinajstić information content (AvgIpc) is 2.56. The summed E-state index contributed by atoms with van der Waals surface area (Å²) >= 11 is 0. The molecule has 144 valence electrons. The van der Waals surface area contributed by atoms with Gasteiger partial charge in [-0.2, -0.15) is 0 Å². The second-order valence-corrected chi connectivity index (χ2v) is 7.24. The second kappa shape index (κ2) is 8.98. The summed E-state index contributed by atoms with van der Waals surface area (Å²) in [7, 11) is 1.57. The van der Waals surface area contributed by atoms with Gasteiger partial charge in [-0.05, 0) is 31.4 Å². The first-order chi connectivity index (χ1) is 12.3. The number of piperazine rings is 1. The first kappa shape index (κ1) is 20.2. The number of aromatic nitrogens is 1. The third-order valence-corrected chi connectivity index (χ3v) is 4.51. The van der Waals surface area contributed by atoms with Crippen molar-refractivity contribution in [3.05, 3.63) is 22.9 Å². The summed E-state index contributed by atoms with van der Waals surface area (Å²) in [6, 6.07) is 1.55. The third kappa shape index (κ3) is 5.17. The zero-order valence-corrected chi connectivity index (χ0v) is 16.4. The lowest BCUT2D eigenvalue weighted by molar-refractivity contribution is -0.134. The maximum Gasteiger partial charge on any atom is 0.237 e. The van der Waals surface area contributed by atoms with Crippen molar-refractivity contribution in [2.75, 3.05) is 26.7 Å². The van der Waals surface area contributed by atoms with E-state index >= 15 is 0 Å². The fraction of sp³-hybridized carbons (Fsp3) is 0.632. The van der Waals surface area contributed by atoms with Crippen LogP contribution in [0.25, 0.3) is 0 Å². The van der Waals surface area contributed by atoms with Crippen molar-refractivity contribution in [1.82, 2.24) is 20.5 Å². The zero-order chi connectivity index (χ0) is 19.3. The Morgan fingerprint density at radius 3 is 2.85 bits per heavy atom. The number of nitrogens with one attached hydrogen (secondary N) is 2. The van der Waals surface area contributed by atoms with Crippen LogP contribution < -0.4 is 15.4 Å². The lowest BCUT2D eigenvalue weighted by atomic mass is 10.1. The van der Waals surface area contributed by atoms with Crippen molar-refractivity contribution in [3.63, 3.8) is 0 Å². The Morgan fingerprint density at radius 1 is 1.46 bits per heavy atom. The predicted octanol–water partition coefficient (Wildman–Crippen LogP) is 1.17. The molecule has 2 rings (SSSR count). The molecule has 1 unspecified atom stereocenters. The fourth-order valence-electron chi connectivity index (χ4n) is 3.32. The topological polar surface area (TPSA) is 83.6 Å². The first-order valence-corrected chi connectivity index (χ1v) is 9.11. The molecule has 0 spiro atoms. The van der Waals surface area contributed by atoms with Crippen molar-refractivity contribution >= 4 is 11.8 Å². The van der Waals surface area contributed by atoms with E-state index in [9.17, 15) is 9.59 Å². The minimum atomic E-state index is -0.412. The van der Waals surface area contributed by atoms with Crippen LogP contribution >= 0.6 is 0 Å².